The third kappa shape index (κ3) is 3.28. The molecule has 0 aliphatic heterocycles. The van der Waals surface area contributed by atoms with Crippen LogP contribution in [0.3, 0.4) is 0 Å². The maximum absolute atomic E-state index is 8.84. The normalized spacial score (nSPS) is 13.2. The van der Waals surface area contributed by atoms with Crippen molar-refractivity contribution < 1.29 is 5.11 Å². The summed E-state index contributed by atoms with van der Waals surface area (Å²) in [7, 11) is 0. The van der Waals surface area contributed by atoms with Gasteiger partial charge in [0.15, 0.2) is 0 Å². The number of anilines is 1. The van der Waals surface area contributed by atoms with E-state index in [0.717, 1.165) is 11.6 Å². The topological polar surface area (TPSA) is 58.0 Å². The van der Waals surface area contributed by atoms with Crippen molar-refractivity contribution in [1.29, 1.82) is 0 Å². The molecular formula is C8H15N3OS. The van der Waals surface area contributed by atoms with E-state index in [1.807, 2.05) is 0 Å². The van der Waals surface area contributed by atoms with E-state index in [1.165, 1.54) is 11.3 Å². The van der Waals surface area contributed by atoms with E-state index >= 15 is 0 Å². The van der Waals surface area contributed by atoms with Crippen LogP contribution in [0.15, 0.2) is 5.51 Å². The molecule has 0 aliphatic carbocycles. The molecule has 1 unspecified atom stereocenters. The van der Waals surface area contributed by atoms with Crippen molar-refractivity contribution in [1.82, 2.24) is 10.2 Å². The van der Waals surface area contributed by atoms with Gasteiger partial charge in [-0.3, -0.25) is 0 Å². The molecule has 0 aromatic carbocycles. The van der Waals surface area contributed by atoms with Crippen LogP contribution in [0.1, 0.15) is 20.3 Å². The fourth-order valence-corrected chi connectivity index (χ4v) is 1.61. The summed E-state index contributed by atoms with van der Waals surface area (Å²) in [6, 6.07) is 0.276. The summed E-state index contributed by atoms with van der Waals surface area (Å²) in [6.07, 6.45) is 0.747. The quantitative estimate of drug-likeness (QED) is 0.755. The number of nitrogens with zero attached hydrogens (tertiary/aromatic N) is 2. The highest BCUT2D eigenvalue weighted by atomic mass is 32.1. The summed E-state index contributed by atoms with van der Waals surface area (Å²) in [4.78, 5) is 0. The van der Waals surface area contributed by atoms with Crippen LogP contribution < -0.4 is 5.32 Å². The molecule has 0 aliphatic rings. The van der Waals surface area contributed by atoms with Crippen LogP contribution in [0.5, 0.6) is 0 Å². The molecule has 0 bridgehead atoms. The minimum Gasteiger partial charge on any atom is -0.396 e. The van der Waals surface area contributed by atoms with E-state index in [1.54, 1.807) is 5.51 Å². The molecule has 1 rings (SSSR count). The van der Waals surface area contributed by atoms with E-state index in [-0.39, 0.29) is 12.6 Å². The Hall–Kier alpha value is -0.680. The van der Waals surface area contributed by atoms with Crippen LogP contribution >= 0.6 is 11.3 Å². The number of nitrogens with one attached hydrogen (secondary N) is 1. The predicted molar refractivity (Wildman–Crippen MR) is 53.9 cm³/mol. The molecule has 1 heterocycles. The van der Waals surface area contributed by atoms with Gasteiger partial charge in [0.05, 0.1) is 0 Å². The van der Waals surface area contributed by atoms with Crippen molar-refractivity contribution in [2.24, 2.45) is 5.92 Å². The van der Waals surface area contributed by atoms with Gasteiger partial charge in [-0.05, 0) is 12.3 Å². The zero-order valence-corrected chi connectivity index (χ0v) is 8.71. The Labute approximate surface area is 82.0 Å². The molecule has 0 saturated carbocycles. The van der Waals surface area contributed by atoms with E-state index in [2.05, 4.69) is 29.4 Å². The number of aliphatic hydroxyl groups is 1. The molecule has 13 heavy (non-hydrogen) atoms. The summed E-state index contributed by atoms with van der Waals surface area (Å²) in [5.41, 5.74) is 1.69. The molecule has 0 spiro atoms. The predicted octanol–water partition coefficient (Wildman–Crippen LogP) is 1.36. The minimum absolute atomic E-state index is 0.203. The fraction of sp³-hybridized carbons (Fsp3) is 0.750. The average Bonchev–Trinajstić information content (AvgIpc) is 2.56. The van der Waals surface area contributed by atoms with Gasteiger partial charge in [0.2, 0.25) is 5.13 Å². The second-order valence-corrected chi connectivity index (χ2v) is 4.08. The summed E-state index contributed by atoms with van der Waals surface area (Å²) in [5, 5.41) is 20.5. The molecule has 0 radical (unpaired) electrons. The Morgan fingerprint density at radius 1 is 1.62 bits per heavy atom. The van der Waals surface area contributed by atoms with Gasteiger partial charge in [-0.1, -0.05) is 25.2 Å². The molecule has 2 N–H and O–H groups in total. The first-order valence-electron chi connectivity index (χ1n) is 4.37. The zero-order chi connectivity index (χ0) is 9.68. The lowest BCUT2D eigenvalue weighted by molar-refractivity contribution is 0.267. The SMILES string of the molecule is CC(C)C(CCO)Nc1nncs1. The number of hydrogen-bond donors (Lipinski definition) is 2. The number of rotatable bonds is 5. The Balaban J connectivity index is 2.47. The Morgan fingerprint density at radius 3 is 2.85 bits per heavy atom. The van der Waals surface area contributed by atoms with Crippen LogP contribution in [-0.2, 0) is 0 Å². The van der Waals surface area contributed by atoms with E-state index in [9.17, 15) is 0 Å². The molecule has 1 atom stereocenters. The Morgan fingerprint density at radius 2 is 2.38 bits per heavy atom. The Bertz CT molecular complexity index is 225. The molecule has 0 amide bonds. The summed E-state index contributed by atoms with van der Waals surface area (Å²) in [5.74, 6) is 0.482. The number of aromatic nitrogens is 2. The molecule has 1 aromatic rings. The van der Waals surface area contributed by atoms with E-state index in [4.69, 9.17) is 5.11 Å². The third-order valence-corrected chi connectivity index (χ3v) is 2.54. The average molecular weight is 201 g/mol. The van der Waals surface area contributed by atoms with E-state index < -0.39 is 0 Å². The van der Waals surface area contributed by atoms with Crippen LogP contribution in [0.4, 0.5) is 5.13 Å². The van der Waals surface area contributed by atoms with Crippen molar-refractivity contribution in [3.63, 3.8) is 0 Å². The molecule has 4 nitrogen and oxygen atoms in total. The fourth-order valence-electron chi connectivity index (χ4n) is 1.11. The zero-order valence-electron chi connectivity index (χ0n) is 7.90. The van der Waals surface area contributed by atoms with Crippen molar-refractivity contribution in [3.8, 4) is 0 Å². The highest BCUT2D eigenvalue weighted by Gasteiger charge is 2.13. The van der Waals surface area contributed by atoms with Crippen LogP contribution in [-0.4, -0.2) is 28.0 Å². The Kier molecular flexibility index (Phi) is 4.11. The second-order valence-electron chi connectivity index (χ2n) is 3.25. The van der Waals surface area contributed by atoms with Gasteiger partial charge in [-0.15, -0.1) is 10.2 Å². The first-order chi connectivity index (χ1) is 6.24. The van der Waals surface area contributed by atoms with Gasteiger partial charge < -0.3 is 10.4 Å². The molecule has 1 aromatic heterocycles. The second kappa shape index (κ2) is 5.14. The van der Waals surface area contributed by atoms with Crippen LogP contribution in [0, 0.1) is 5.92 Å². The number of hydrogen-bond acceptors (Lipinski definition) is 5. The summed E-state index contributed by atoms with van der Waals surface area (Å²) < 4.78 is 0. The molecule has 5 heteroatoms. The van der Waals surface area contributed by atoms with Crippen LogP contribution in [0.2, 0.25) is 0 Å². The summed E-state index contributed by atoms with van der Waals surface area (Å²) in [6.45, 7) is 4.44. The maximum Gasteiger partial charge on any atom is 0.205 e. The first-order valence-corrected chi connectivity index (χ1v) is 5.25. The lowest BCUT2D eigenvalue weighted by atomic mass is 10.0. The molecule has 0 fully saturated rings. The molecule has 74 valence electrons. The number of aliphatic hydroxyl groups excluding tert-OH is 1. The van der Waals surface area contributed by atoms with Gasteiger partial charge in [-0.25, -0.2) is 0 Å². The monoisotopic (exact) mass is 201 g/mol. The van der Waals surface area contributed by atoms with Gasteiger partial charge in [0.1, 0.15) is 5.51 Å². The van der Waals surface area contributed by atoms with Gasteiger partial charge in [0, 0.05) is 12.6 Å². The van der Waals surface area contributed by atoms with Crippen molar-refractivity contribution in [2.75, 3.05) is 11.9 Å². The third-order valence-electron chi connectivity index (χ3n) is 1.91. The van der Waals surface area contributed by atoms with Crippen molar-refractivity contribution >= 4 is 16.5 Å². The van der Waals surface area contributed by atoms with Gasteiger partial charge in [-0.2, -0.15) is 0 Å². The first kappa shape index (κ1) is 10.4. The largest absolute Gasteiger partial charge is 0.396 e. The van der Waals surface area contributed by atoms with Crippen LogP contribution in [0.25, 0.3) is 0 Å². The maximum atomic E-state index is 8.84. The highest BCUT2D eigenvalue weighted by Crippen LogP contribution is 2.15. The minimum atomic E-state index is 0.203. The van der Waals surface area contributed by atoms with Gasteiger partial charge >= 0.3 is 0 Å². The lowest BCUT2D eigenvalue weighted by Gasteiger charge is -2.20. The van der Waals surface area contributed by atoms with Crippen molar-refractivity contribution in [2.45, 2.75) is 26.3 Å². The highest BCUT2D eigenvalue weighted by molar-refractivity contribution is 7.13. The summed E-state index contributed by atoms with van der Waals surface area (Å²) >= 11 is 1.48. The lowest BCUT2D eigenvalue weighted by Crippen LogP contribution is -2.26. The molecular weight excluding hydrogens is 186 g/mol. The van der Waals surface area contributed by atoms with E-state index in [0.29, 0.717) is 5.92 Å². The van der Waals surface area contributed by atoms with Crippen molar-refractivity contribution in [3.05, 3.63) is 5.51 Å². The molecule has 0 saturated heterocycles. The van der Waals surface area contributed by atoms with Gasteiger partial charge in [0.25, 0.3) is 0 Å². The standard InChI is InChI=1S/C8H15N3OS/c1-6(2)7(3-4-12)10-8-11-9-5-13-8/h5-7,12H,3-4H2,1-2H3,(H,10,11). The smallest absolute Gasteiger partial charge is 0.205 e.